The lowest BCUT2D eigenvalue weighted by Gasteiger charge is -2.33. The average Bonchev–Trinajstić information content (AvgIpc) is 2.57. The van der Waals surface area contributed by atoms with Crippen molar-refractivity contribution in [3.63, 3.8) is 0 Å². The van der Waals surface area contributed by atoms with Crippen LogP contribution in [0.4, 0.5) is 16.2 Å². The van der Waals surface area contributed by atoms with Gasteiger partial charge in [0, 0.05) is 27.4 Å². The lowest BCUT2D eigenvalue weighted by Crippen LogP contribution is -2.42. The first-order valence-electron chi connectivity index (χ1n) is 7.69. The number of nitrogens with one attached hydrogen (secondary N) is 1. The van der Waals surface area contributed by atoms with Gasteiger partial charge in [0.15, 0.2) is 0 Å². The second-order valence-electron chi connectivity index (χ2n) is 5.62. The Morgan fingerprint density at radius 2 is 2.13 bits per heavy atom. The van der Waals surface area contributed by atoms with Gasteiger partial charge in [0.1, 0.15) is 0 Å². The van der Waals surface area contributed by atoms with E-state index in [0.29, 0.717) is 16.8 Å². The van der Waals surface area contributed by atoms with E-state index in [1.54, 1.807) is 6.07 Å². The Hall–Kier alpha value is -1.65. The summed E-state index contributed by atoms with van der Waals surface area (Å²) in [5, 5.41) is 4.03. The molecule has 2 aromatic carbocycles. The highest BCUT2D eigenvalue weighted by Gasteiger charge is 2.28. The third kappa shape index (κ3) is 3.48. The van der Waals surface area contributed by atoms with Gasteiger partial charge in [-0.1, -0.05) is 36.7 Å². The standard InChI is InChI=1S/C18H19ClN2OS/c1-3-14-11-21(16-6-4-5-7-17(16)23-14)18(22)20-15-10-13(19)9-8-12(15)2/h4-10,14H,3,11H2,1-2H3,(H,20,22). The molecule has 2 aromatic rings. The molecule has 3 nitrogen and oxygen atoms in total. The van der Waals surface area contributed by atoms with Crippen LogP contribution in [-0.4, -0.2) is 17.8 Å². The molecule has 3 rings (SSSR count). The highest BCUT2D eigenvalue weighted by atomic mass is 35.5. The number of carbonyl (C=O) groups is 1. The van der Waals surface area contributed by atoms with E-state index < -0.39 is 0 Å². The van der Waals surface area contributed by atoms with E-state index in [2.05, 4.69) is 18.3 Å². The first-order chi connectivity index (χ1) is 11.1. The van der Waals surface area contributed by atoms with Gasteiger partial charge in [-0.3, -0.25) is 4.90 Å². The molecule has 1 unspecified atom stereocenters. The van der Waals surface area contributed by atoms with Crippen molar-refractivity contribution in [3.05, 3.63) is 53.1 Å². The quantitative estimate of drug-likeness (QED) is 0.770. The Balaban J connectivity index is 1.88. The molecule has 0 saturated carbocycles. The Morgan fingerprint density at radius 3 is 2.91 bits per heavy atom. The van der Waals surface area contributed by atoms with Crippen LogP contribution in [0.1, 0.15) is 18.9 Å². The fourth-order valence-corrected chi connectivity index (χ4v) is 3.99. The maximum atomic E-state index is 12.8. The number of rotatable bonds is 2. The van der Waals surface area contributed by atoms with Gasteiger partial charge in [-0.2, -0.15) is 0 Å². The molecule has 0 radical (unpaired) electrons. The van der Waals surface area contributed by atoms with Gasteiger partial charge >= 0.3 is 6.03 Å². The lowest BCUT2D eigenvalue weighted by molar-refractivity contribution is 0.256. The van der Waals surface area contributed by atoms with Crippen LogP contribution in [-0.2, 0) is 0 Å². The van der Waals surface area contributed by atoms with Crippen molar-refractivity contribution in [3.8, 4) is 0 Å². The van der Waals surface area contributed by atoms with E-state index in [-0.39, 0.29) is 6.03 Å². The first-order valence-corrected chi connectivity index (χ1v) is 8.94. The summed E-state index contributed by atoms with van der Waals surface area (Å²) in [5.41, 5.74) is 2.72. The number of benzene rings is 2. The summed E-state index contributed by atoms with van der Waals surface area (Å²) in [6, 6.07) is 13.5. The van der Waals surface area contributed by atoms with Gasteiger partial charge in [-0.25, -0.2) is 4.79 Å². The predicted molar refractivity (Wildman–Crippen MR) is 98.9 cm³/mol. The van der Waals surface area contributed by atoms with E-state index in [4.69, 9.17) is 11.6 Å². The van der Waals surface area contributed by atoms with Crippen LogP contribution in [0.5, 0.6) is 0 Å². The summed E-state index contributed by atoms with van der Waals surface area (Å²) in [5.74, 6) is 0. The molecule has 23 heavy (non-hydrogen) atoms. The van der Waals surface area contributed by atoms with Crippen molar-refractivity contribution < 1.29 is 4.79 Å². The summed E-state index contributed by atoms with van der Waals surface area (Å²) in [4.78, 5) is 15.8. The van der Waals surface area contributed by atoms with Crippen LogP contribution in [0.2, 0.25) is 5.02 Å². The van der Waals surface area contributed by atoms with E-state index in [9.17, 15) is 4.79 Å². The number of urea groups is 1. The molecule has 0 aromatic heterocycles. The molecule has 0 saturated heterocycles. The van der Waals surface area contributed by atoms with Gasteiger partial charge in [0.2, 0.25) is 0 Å². The zero-order valence-corrected chi connectivity index (χ0v) is 14.7. The minimum Gasteiger partial charge on any atom is -0.307 e. The number of anilines is 2. The number of hydrogen-bond donors (Lipinski definition) is 1. The number of amides is 2. The molecule has 5 heteroatoms. The van der Waals surface area contributed by atoms with Crippen LogP contribution in [0, 0.1) is 6.92 Å². The van der Waals surface area contributed by atoms with Gasteiger partial charge < -0.3 is 5.32 Å². The molecule has 1 N–H and O–H groups in total. The van der Waals surface area contributed by atoms with Gasteiger partial charge in [0.25, 0.3) is 0 Å². The summed E-state index contributed by atoms with van der Waals surface area (Å²) in [6.45, 7) is 4.83. The van der Waals surface area contributed by atoms with Crippen molar-refractivity contribution in [2.45, 2.75) is 30.4 Å². The monoisotopic (exact) mass is 346 g/mol. The average molecular weight is 347 g/mol. The number of aryl methyl sites for hydroxylation is 1. The fourth-order valence-electron chi connectivity index (χ4n) is 2.61. The summed E-state index contributed by atoms with van der Waals surface area (Å²) in [6.07, 6.45) is 1.03. The molecule has 0 aliphatic carbocycles. The Labute approximate surface area is 146 Å². The lowest BCUT2D eigenvalue weighted by atomic mass is 10.2. The minimum atomic E-state index is -0.110. The highest BCUT2D eigenvalue weighted by Crippen LogP contribution is 2.39. The van der Waals surface area contributed by atoms with Gasteiger partial charge in [0.05, 0.1) is 5.69 Å². The van der Waals surface area contributed by atoms with E-state index in [0.717, 1.165) is 28.3 Å². The number of nitrogens with zero attached hydrogens (tertiary/aromatic N) is 1. The summed E-state index contributed by atoms with van der Waals surface area (Å²) < 4.78 is 0. The molecular formula is C18H19ClN2OS. The summed E-state index contributed by atoms with van der Waals surface area (Å²) in [7, 11) is 0. The molecule has 120 valence electrons. The molecule has 1 aliphatic heterocycles. The van der Waals surface area contributed by atoms with E-state index in [1.165, 1.54) is 0 Å². The topological polar surface area (TPSA) is 32.3 Å². The van der Waals surface area contributed by atoms with E-state index in [1.807, 2.05) is 53.9 Å². The number of hydrogen-bond acceptors (Lipinski definition) is 2. The van der Waals surface area contributed by atoms with Crippen LogP contribution < -0.4 is 10.2 Å². The van der Waals surface area contributed by atoms with Gasteiger partial charge in [-0.15, -0.1) is 11.8 Å². The molecule has 1 heterocycles. The molecule has 0 bridgehead atoms. The zero-order chi connectivity index (χ0) is 16.4. The van der Waals surface area contributed by atoms with Crippen molar-refractivity contribution in [2.24, 2.45) is 0 Å². The predicted octanol–water partition coefficient (Wildman–Crippen LogP) is 5.57. The van der Waals surface area contributed by atoms with Crippen LogP contribution in [0.3, 0.4) is 0 Å². The van der Waals surface area contributed by atoms with Crippen molar-refractivity contribution in [2.75, 3.05) is 16.8 Å². The van der Waals surface area contributed by atoms with E-state index >= 15 is 0 Å². The molecular weight excluding hydrogens is 328 g/mol. The largest absolute Gasteiger partial charge is 0.326 e. The van der Waals surface area contributed by atoms with Crippen molar-refractivity contribution >= 4 is 40.8 Å². The fraction of sp³-hybridized carbons (Fsp3) is 0.278. The Bertz CT molecular complexity index is 735. The van der Waals surface area contributed by atoms with Crippen LogP contribution in [0.25, 0.3) is 0 Å². The number of thioether (sulfide) groups is 1. The Morgan fingerprint density at radius 1 is 1.35 bits per heavy atom. The number of para-hydroxylation sites is 1. The highest BCUT2D eigenvalue weighted by molar-refractivity contribution is 8.00. The minimum absolute atomic E-state index is 0.110. The smallest absolute Gasteiger partial charge is 0.307 e. The number of carbonyl (C=O) groups excluding carboxylic acids is 1. The van der Waals surface area contributed by atoms with Crippen LogP contribution in [0.15, 0.2) is 47.4 Å². The number of halogens is 1. The van der Waals surface area contributed by atoms with Gasteiger partial charge in [-0.05, 0) is 43.2 Å². The maximum absolute atomic E-state index is 12.8. The third-order valence-corrected chi connectivity index (χ3v) is 5.63. The SMILES string of the molecule is CCC1CN(C(=O)Nc2cc(Cl)ccc2C)c2ccccc2S1. The van der Waals surface area contributed by atoms with Crippen LogP contribution >= 0.6 is 23.4 Å². The molecule has 1 atom stereocenters. The number of fused-ring (bicyclic) bond motifs is 1. The molecule has 0 spiro atoms. The third-order valence-electron chi connectivity index (χ3n) is 3.98. The molecule has 1 aliphatic rings. The summed E-state index contributed by atoms with van der Waals surface area (Å²) >= 11 is 7.89. The molecule has 2 amide bonds. The first kappa shape index (κ1) is 16.2. The normalized spacial score (nSPS) is 16.8. The maximum Gasteiger partial charge on any atom is 0.326 e. The Kier molecular flexibility index (Phi) is 4.83. The second-order valence-corrected chi connectivity index (χ2v) is 7.39. The molecule has 0 fully saturated rings. The second kappa shape index (κ2) is 6.85. The zero-order valence-electron chi connectivity index (χ0n) is 13.2. The van der Waals surface area contributed by atoms with Crippen molar-refractivity contribution in [1.29, 1.82) is 0 Å². The van der Waals surface area contributed by atoms with Crippen molar-refractivity contribution in [1.82, 2.24) is 0 Å².